The third-order valence-electron chi connectivity index (χ3n) is 5.09. The highest BCUT2D eigenvalue weighted by atomic mass is 16.5. The van der Waals surface area contributed by atoms with Crippen LogP contribution in [0.2, 0.25) is 0 Å². The highest BCUT2D eigenvalue weighted by Gasteiger charge is 2.20. The summed E-state index contributed by atoms with van der Waals surface area (Å²) in [7, 11) is 1.77. The van der Waals surface area contributed by atoms with E-state index in [4.69, 9.17) is 14.0 Å². The number of aromatic nitrogens is 4. The van der Waals surface area contributed by atoms with Crippen molar-refractivity contribution < 1.29 is 18.8 Å². The Kier molecular flexibility index (Phi) is 6.38. The molecular formula is C21H25N5O4. The molecule has 1 aliphatic heterocycles. The Hall–Kier alpha value is -3.20. The number of amides is 1. The number of hydrogen-bond acceptors (Lipinski definition) is 7. The van der Waals surface area contributed by atoms with E-state index in [2.05, 4.69) is 15.2 Å². The third kappa shape index (κ3) is 5.04. The zero-order valence-electron chi connectivity index (χ0n) is 16.9. The molecule has 158 valence electrons. The summed E-state index contributed by atoms with van der Waals surface area (Å²) in [6.45, 7) is 1.63. The fraction of sp³-hybridized carbons (Fsp3) is 0.429. The van der Waals surface area contributed by atoms with Gasteiger partial charge in [-0.3, -0.25) is 4.79 Å². The summed E-state index contributed by atoms with van der Waals surface area (Å²) in [5.74, 6) is 0.994. The van der Waals surface area contributed by atoms with Crippen LogP contribution in [0.5, 0.6) is 5.75 Å². The van der Waals surface area contributed by atoms with E-state index in [0.29, 0.717) is 18.1 Å². The lowest BCUT2D eigenvalue weighted by Crippen LogP contribution is -2.31. The predicted molar refractivity (Wildman–Crippen MR) is 107 cm³/mol. The fourth-order valence-corrected chi connectivity index (χ4v) is 3.34. The van der Waals surface area contributed by atoms with Crippen molar-refractivity contribution in [1.29, 1.82) is 0 Å². The normalized spacial score (nSPS) is 16.4. The van der Waals surface area contributed by atoms with Gasteiger partial charge < -0.3 is 18.9 Å². The second-order valence-electron chi connectivity index (χ2n) is 7.31. The fourth-order valence-electron chi connectivity index (χ4n) is 3.34. The second kappa shape index (κ2) is 9.53. The van der Waals surface area contributed by atoms with Crippen molar-refractivity contribution in [3.05, 3.63) is 54.4 Å². The largest absolute Gasteiger partial charge is 0.486 e. The van der Waals surface area contributed by atoms with Gasteiger partial charge in [0.1, 0.15) is 25.0 Å². The Morgan fingerprint density at radius 3 is 2.90 bits per heavy atom. The van der Waals surface area contributed by atoms with Gasteiger partial charge in [0.2, 0.25) is 0 Å². The van der Waals surface area contributed by atoms with Crippen LogP contribution in [0.3, 0.4) is 0 Å². The Bertz CT molecular complexity index is 933. The van der Waals surface area contributed by atoms with Gasteiger partial charge in [-0.2, -0.15) is 5.10 Å². The molecular weight excluding hydrogens is 386 g/mol. The minimum absolute atomic E-state index is 0.169. The Balaban J connectivity index is 1.26. The van der Waals surface area contributed by atoms with Crippen molar-refractivity contribution in [3.63, 3.8) is 0 Å². The average molecular weight is 411 g/mol. The zero-order valence-corrected chi connectivity index (χ0v) is 16.9. The first kappa shape index (κ1) is 20.1. The van der Waals surface area contributed by atoms with Crippen LogP contribution in [0.25, 0.3) is 5.69 Å². The van der Waals surface area contributed by atoms with Crippen LogP contribution in [-0.4, -0.2) is 57.0 Å². The van der Waals surface area contributed by atoms with E-state index in [-0.39, 0.29) is 24.3 Å². The van der Waals surface area contributed by atoms with Crippen LogP contribution >= 0.6 is 0 Å². The molecule has 30 heavy (non-hydrogen) atoms. The molecule has 0 aliphatic carbocycles. The molecule has 3 aromatic rings. The van der Waals surface area contributed by atoms with Crippen molar-refractivity contribution in [2.24, 2.45) is 0 Å². The summed E-state index contributed by atoms with van der Waals surface area (Å²) in [4.78, 5) is 18.1. The molecule has 0 bridgehead atoms. The summed E-state index contributed by atoms with van der Waals surface area (Å²) in [6.07, 6.45) is 7.56. The van der Waals surface area contributed by atoms with Gasteiger partial charge >= 0.3 is 0 Å². The molecule has 1 saturated heterocycles. The number of carbonyl (C=O) groups excluding carboxylic acids is 1. The number of benzene rings is 1. The molecule has 3 heterocycles. The van der Waals surface area contributed by atoms with Crippen LogP contribution in [0.4, 0.5) is 0 Å². The van der Waals surface area contributed by atoms with Crippen LogP contribution in [0, 0.1) is 0 Å². The molecule has 1 aliphatic rings. The molecule has 0 spiro atoms. The first-order valence-corrected chi connectivity index (χ1v) is 10.1. The van der Waals surface area contributed by atoms with Gasteiger partial charge in [-0.25, -0.2) is 9.67 Å². The minimum atomic E-state index is -0.169. The van der Waals surface area contributed by atoms with Gasteiger partial charge in [0, 0.05) is 26.3 Å². The molecule has 9 heteroatoms. The van der Waals surface area contributed by atoms with Gasteiger partial charge in [-0.1, -0.05) is 5.16 Å². The van der Waals surface area contributed by atoms with Crippen molar-refractivity contribution in [2.45, 2.75) is 38.4 Å². The molecule has 1 amide bonds. The number of ether oxygens (including phenoxy) is 2. The summed E-state index contributed by atoms with van der Waals surface area (Å²) in [5, 5.41) is 7.98. The Morgan fingerprint density at radius 2 is 2.17 bits per heavy atom. The molecule has 2 aromatic heterocycles. The Labute approximate surface area is 174 Å². The highest BCUT2D eigenvalue weighted by molar-refractivity contribution is 5.92. The maximum absolute atomic E-state index is 12.6. The lowest BCUT2D eigenvalue weighted by Gasteiger charge is -2.24. The second-order valence-corrected chi connectivity index (χ2v) is 7.31. The molecule has 1 fully saturated rings. The topological polar surface area (TPSA) is 95.5 Å². The van der Waals surface area contributed by atoms with Gasteiger partial charge in [0.25, 0.3) is 5.91 Å². The number of hydrogen-bond donors (Lipinski definition) is 0. The van der Waals surface area contributed by atoms with Crippen molar-refractivity contribution in [3.8, 4) is 11.4 Å². The van der Waals surface area contributed by atoms with Crippen molar-refractivity contribution >= 4 is 5.91 Å². The predicted octanol–water partition coefficient (Wildman–Crippen LogP) is 2.87. The monoisotopic (exact) mass is 411 g/mol. The SMILES string of the molecule is CN(CC[C@H]1CCCCO1)C(=O)c1cc(COc2ccc(-n3cncn3)cc2)on1. The van der Waals surface area contributed by atoms with E-state index >= 15 is 0 Å². The van der Waals surface area contributed by atoms with Crippen molar-refractivity contribution in [2.75, 3.05) is 20.2 Å². The van der Waals surface area contributed by atoms with Gasteiger partial charge in [-0.15, -0.1) is 0 Å². The van der Waals surface area contributed by atoms with Gasteiger partial charge in [0.05, 0.1) is 11.8 Å². The number of rotatable bonds is 8. The standard InChI is InChI=1S/C21H25N5O4/c1-25(10-9-17-4-2-3-11-28-17)21(27)20-12-19(30-24-20)13-29-18-7-5-16(6-8-18)26-15-22-14-23-26/h5-8,12,14-15,17H,2-4,9-11,13H2,1H3/t17-/m1/s1. The van der Waals surface area contributed by atoms with E-state index < -0.39 is 0 Å². The molecule has 0 N–H and O–H groups in total. The average Bonchev–Trinajstić information content (AvgIpc) is 3.49. The zero-order chi connectivity index (χ0) is 20.8. The van der Waals surface area contributed by atoms with Crippen LogP contribution in [0.15, 0.2) is 47.5 Å². The van der Waals surface area contributed by atoms with E-state index in [1.807, 2.05) is 24.3 Å². The first-order chi connectivity index (χ1) is 14.7. The summed E-state index contributed by atoms with van der Waals surface area (Å²) >= 11 is 0. The van der Waals surface area contributed by atoms with E-state index in [9.17, 15) is 4.79 Å². The Morgan fingerprint density at radius 1 is 1.30 bits per heavy atom. The lowest BCUT2D eigenvalue weighted by atomic mass is 10.1. The maximum Gasteiger partial charge on any atom is 0.275 e. The first-order valence-electron chi connectivity index (χ1n) is 10.1. The van der Waals surface area contributed by atoms with Crippen molar-refractivity contribution in [1.82, 2.24) is 24.8 Å². The molecule has 4 rings (SSSR count). The van der Waals surface area contributed by atoms with Crippen LogP contribution < -0.4 is 4.74 Å². The van der Waals surface area contributed by atoms with E-state index in [0.717, 1.165) is 31.6 Å². The van der Waals surface area contributed by atoms with E-state index in [1.165, 1.54) is 12.7 Å². The lowest BCUT2D eigenvalue weighted by molar-refractivity contribution is 0.00703. The summed E-state index contributed by atoms with van der Waals surface area (Å²) in [5.41, 5.74) is 1.16. The minimum Gasteiger partial charge on any atom is -0.486 e. The van der Waals surface area contributed by atoms with Crippen LogP contribution in [-0.2, 0) is 11.3 Å². The molecule has 0 radical (unpaired) electrons. The molecule has 1 atom stereocenters. The number of carbonyl (C=O) groups is 1. The summed E-state index contributed by atoms with van der Waals surface area (Å²) < 4.78 is 18.4. The van der Waals surface area contributed by atoms with Crippen LogP contribution in [0.1, 0.15) is 41.9 Å². The molecule has 0 unspecified atom stereocenters. The quantitative estimate of drug-likeness (QED) is 0.562. The molecule has 1 aromatic carbocycles. The van der Waals surface area contributed by atoms with Gasteiger partial charge in [-0.05, 0) is 49.9 Å². The van der Waals surface area contributed by atoms with Gasteiger partial charge in [0.15, 0.2) is 11.5 Å². The number of nitrogens with zero attached hydrogens (tertiary/aromatic N) is 5. The highest BCUT2D eigenvalue weighted by Crippen LogP contribution is 2.18. The molecule has 9 nitrogen and oxygen atoms in total. The maximum atomic E-state index is 12.6. The summed E-state index contributed by atoms with van der Waals surface area (Å²) in [6, 6.07) is 9.05. The van der Waals surface area contributed by atoms with E-state index in [1.54, 1.807) is 29.0 Å². The smallest absolute Gasteiger partial charge is 0.275 e. The molecule has 0 saturated carbocycles. The third-order valence-corrected chi connectivity index (χ3v) is 5.09.